The highest BCUT2D eigenvalue weighted by Crippen LogP contribution is 2.40. The van der Waals surface area contributed by atoms with E-state index in [-0.39, 0.29) is 23.3 Å². The molecule has 1 unspecified atom stereocenters. The number of thiazole rings is 1. The Bertz CT molecular complexity index is 1390. The first-order valence-corrected chi connectivity index (χ1v) is 14.9. The molecule has 12 heteroatoms. The van der Waals surface area contributed by atoms with Crippen molar-refractivity contribution in [1.29, 1.82) is 0 Å². The van der Waals surface area contributed by atoms with Gasteiger partial charge in [0.1, 0.15) is 5.00 Å². The minimum Gasteiger partial charge on any atom is -0.465 e. The molecule has 1 N–H and O–H groups in total. The van der Waals surface area contributed by atoms with Crippen molar-refractivity contribution in [3.05, 3.63) is 44.0 Å². The monoisotopic (exact) mass is 581 g/mol. The number of fused-ring (bicyclic) bond motifs is 2. The van der Waals surface area contributed by atoms with E-state index in [0.29, 0.717) is 39.5 Å². The number of ether oxygens (including phenoxy) is 2. The van der Waals surface area contributed by atoms with Crippen molar-refractivity contribution >= 4 is 79.0 Å². The molecule has 2 aromatic heterocycles. The number of hydrogen-bond acceptors (Lipinski definition) is 8. The summed E-state index contributed by atoms with van der Waals surface area (Å²) in [5.41, 5.74) is 2.38. The second-order valence-electron chi connectivity index (χ2n) is 8.74. The number of thioether (sulfide) groups is 1. The topological polar surface area (TPSA) is 99.0 Å². The van der Waals surface area contributed by atoms with Crippen LogP contribution >= 0.6 is 46.0 Å². The Morgan fingerprint density at radius 2 is 2.05 bits per heavy atom. The lowest BCUT2D eigenvalue weighted by atomic mass is 9.88. The van der Waals surface area contributed by atoms with E-state index in [1.165, 1.54) is 41.5 Å². The molecule has 8 nitrogen and oxygen atoms in total. The first kappa shape index (κ1) is 27.8. The quantitative estimate of drug-likeness (QED) is 0.365. The fraction of sp³-hybridized carbons (Fsp3) is 0.440. The van der Waals surface area contributed by atoms with E-state index in [0.717, 1.165) is 39.9 Å². The van der Waals surface area contributed by atoms with Crippen LogP contribution in [-0.2, 0) is 38.4 Å². The third-order valence-corrected chi connectivity index (χ3v) is 9.36. The molecule has 0 fully saturated rings. The molecule has 1 atom stereocenters. The van der Waals surface area contributed by atoms with Crippen LogP contribution < -0.4 is 10.1 Å². The molecule has 1 aliphatic carbocycles. The molecule has 3 aromatic rings. The van der Waals surface area contributed by atoms with Crippen molar-refractivity contribution in [2.24, 2.45) is 10.9 Å². The minimum atomic E-state index is -0.435. The number of carbonyl (C=O) groups is 3. The van der Waals surface area contributed by atoms with Gasteiger partial charge in [-0.3, -0.25) is 9.59 Å². The standard InChI is InChI=1S/C25H28ClN3O5S3/c1-14-4-6-16-18(10-14)36-23(22(16)24(32)34-3)27-20(30)12-35-13-21(31)28-25-29(8-9-33-2)17-7-5-15(26)11-19(17)37-25/h5,7,11,14H,4,6,8-10,12-13H2,1-3H3,(H,27,30). The summed E-state index contributed by atoms with van der Waals surface area (Å²) in [5, 5.41) is 4.00. The van der Waals surface area contributed by atoms with Crippen LogP contribution in [0, 0.1) is 5.92 Å². The average molecular weight is 582 g/mol. The molecule has 4 rings (SSSR count). The number of halogens is 1. The van der Waals surface area contributed by atoms with Crippen LogP contribution in [0.4, 0.5) is 5.00 Å². The number of nitrogens with one attached hydrogen (secondary N) is 1. The fourth-order valence-electron chi connectivity index (χ4n) is 4.22. The number of esters is 1. The molecule has 0 aliphatic heterocycles. The first-order valence-electron chi connectivity index (χ1n) is 11.8. The zero-order valence-electron chi connectivity index (χ0n) is 20.8. The molecule has 1 aromatic carbocycles. The maximum Gasteiger partial charge on any atom is 0.341 e. The summed E-state index contributed by atoms with van der Waals surface area (Å²) in [6.45, 7) is 3.21. The number of anilines is 1. The van der Waals surface area contributed by atoms with E-state index in [9.17, 15) is 14.4 Å². The van der Waals surface area contributed by atoms with Crippen LogP contribution in [-0.4, -0.2) is 54.7 Å². The Morgan fingerprint density at radius 1 is 1.24 bits per heavy atom. The van der Waals surface area contributed by atoms with Gasteiger partial charge in [0.25, 0.3) is 5.91 Å². The number of thiophene rings is 1. The highest BCUT2D eigenvalue weighted by atomic mass is 35.5. The van der Waals surface area contributed by atoms with Crippen molar-refractivity contribution in [2.45, 2.75) is 32.7 Å². The summed E-state index contributed by atoms with van der Waals surface area (Å²) < 4.78 is 13.0. The van der Waals surface area contributed by atoms with Gasteiger partial charge in [0.15, 0.2) is 4.80 Å². The Hall–Kier alpha value is -2.18. The van der Waals surface area contributed by atoms with Crippen molar-refractivity contribution < 1.29 is 23.9 Å². The summed E-state index contributed by atoms with van der Waals surface area (Å²) >= 11 is 10.1. The third kappa shape index (κ3) is 6.64. The summed E-state index contributed by atoms with van der Waals surface area (Å²) in [7, 11) is 2.97. The lowest BCUT2D eigenvalue weighted by molar-refractivity contribution is -0.115. The van der Waals surface area contributed by atoms with Gasteiger partial charge < -0.3 is 19.4 Å². The number of nitrogens with zero attached hydrogens (tertiary/aromatic N) is 2. The van der Waals surface area contributed by atoms with Gasteiger partial charge in [0.05, 0.1) is 41.0 Å². The van der Waals surface area contributed by atoms with E-state index in [4.69, 9.17) is 21.1 Å². The highest BCUT2D eigenvalue weighted by molar-refractivity contribution is 8.00. The van der Waals surface area contributed by atoms with Gasteiger partial charge in [0, 0.05) is 23.6 Å². The summed E-state index contributed by atoms with van der Waals surface area (Å²) in [4.78, 5) is 43.7. The summed E-state index contributed by atoms with van der Waals surface area (Å²) in [6, 6.07) is 5.55. The number of hydrogen-bond donors (Lipinski definition) is 1. The number of carbonyl (C=O) groups excluding carboxylic acids is 3. The zero-order chi connectivity index (χ0) is 26.5. The number of methoxy groups -OCH3 is 2. The lowest BCUT2D eigenvalue weighted by Crippen LogP contribution is -2.20. The van der Waals surface area contributed by atoms with Crippen molar-refractivity contribution in [2.75, 3.05) is 37.6 Å². The number of benzene rings is 1. The smallest absolute Gasteiger partial charge is 0.341 e. The first-order chi connectivity index (χ1) is 17.8. The number of rotatable bonds is 9. The Balaban J connectivity index is 1.41. The molecule has 2 heterocycles. The maximum atomic E-state index is 12.7. The minimum absolute atomic E-state index is 0.0506. The molecule has 198 valence electrons. The van der Waals surface area contributed by atoms with Gasteiger partial charge >= 0.3 is 5.97 Å². The van der Waals surface area contributed by atoms with E-state index in [1.54, 1.807) is 13.2 Å². The van der Waals surface area contributed by atoms with Crippen LogP contribution in [0.2, 0.25) is 5.02 Å². The third-order valence-electron chi connectivity index (χ3n) is 6.00. The Labute approximate surface area is 232 Å². The van der Waals surface area contributed by atoms with Crippen LogP contribution in [0.25, 0.3) is 10.2 Å². The molecular weight excluding hydrogens is 554 g/mol. The normalized spacial score (nSPS) is 15.6. The zero-order valence-corrected chi connectivity index (χ0v) is 24.0. The van der Waals surface area contributed by atoms with Crippen LogP contribution in [0.15, 0.2) is 23.2 Å². The SMILES string of the molecule is COCCn1c(=NC(=O)CSCC(=O)Nc2sc3c(c2C(=O)OC)CCC(C)C3)sc2cc(Cl)ccc21. The van der Waals surface area contributed by atoms with Crippen LogP contribution in [0.5, 0.6) is 0 Å². The number of amides is 2. The molecule has 2 amide bonds. The van der Waals surface area contributed by atoms with Crippen molar-refractivity contribution in [1.82, 2.24) is 4.57 Å². The largest absolute Gasteiger partial charge is 0.465 e. The van der Waals surface area contributed by atoms with E-state index < -0.39 is 5.97 Å². The molecule has 0 spiro atoms. The van der Waals surface area contributed by atoms with Gasteiger partial charge in [-0.25, -0.2) is 4.79 Å². The van der Waals surface area contributed by atoms with Gasteiger partial charge in [-0.2, -0.15) is 4.99 Å². The second kappa shape index (κ2) is 12.6. The molecule has 0 saturated carbocycles. The van der Waals surface area contributed by atoms with Gasteiger partial charge in [-0.15, -0.1) is 23.1 Å². The van der Waals surface area contributed by atoms with Crippen LogP contribution in [0.1, 0.15) is 34.1 Å². The van der Waals surface area contributed by atoms with Gasteiger partial charge in [-0.05, 0) is 48.9 Å². The van der Waals surface area contributed by atoms with Gasteiger partial charge in [0.2, 0.25) is 5.91 Å². The van der Waals surface area contributed by atoms with E-state index in [1.807, 2.05) is 16.7 Å². The van der Waals surface area contributed by atoms with Crippen molar-refractivity contribution in [3.8, 4) is 0 Å². The van der Waals surface area contributed by atoms with E-state index in [2.05, 4.69) is 17.2 Å². The molecular formula is C25H28ClN3O5S3. The highest BCUT2D eigenvalue weighted by Gasteiger charge is 2.28. The molecule has 37 heavy (non-hydrogen) atoms. The Morgan fingerprint density at radius 3 is 2.81 bits per heavy atom. The Kier molecular flexibility index (Phi) is 9.46. The van der Waals surface area contributed by atoms with Crippen molar-refractivity contribution in [3.63, 3.8) is 0 Å². The van der Waals surface area contributed by atoms with Crippen LogP contribution in [0.3, 0.4) is 0 Å². The predicted molar refractivity (Wildman–Crippen MR) is 150 cm³/mol. The molecule has 1 aliphatic rings. The molecule has 0 bridgehead atoms. The average Bonchev–Trinajstić information content (AvgIpc) is 3.37. The molecule has 0 radical (unpaired) electrons. The fourth-order valence-corrected chi connectivity index (χ4v) is 7.58. The predicted octanol–water partition coefficient (Wildman–Crippen LogP) is 4.77. The summed E-state index contributed by atoms with van der Waals surface area (Å²) in [5.74, 6) is -0.396. The molecule has 0 saturated heterocycles. The summed E-state index contributed by atoms with van der Waals surface area (Å²) in [6.07, 6.45) is 2.69. The van der Waals surface area contributed by atoms with E-state index >= 15 is 0 Å². The maximum absolute atomic E-state index is 12.7. The lowest BCUT2D eigenvalue weighted by Gasteiger charge is -2.18. The number of aromatic nitrogens is 1. The van der Waals surface area contributed by atoms with Gasteiger partial charge in [-0.1, -0.05) is 29.9 Å². The second-order valence-corrected chi connectivity index (χ2v) is 12.3.